The van der Waals surface area contributed by atoms with Gasteiger partial charge in [0.05, 0.1) is 10.0 Å². The van der Waals surface area contributed by atoms with Crippen LogP contribution in [0.1, 0.15) is 31.2 Å². The van der Waals surface area contributed by atoms with E-state index in [2.05, 4.69) is 5.32 Å². The maximum atomic E-state index is 6.09. The van der Waals surface area contributed by atoms with Crippen molar-refractivity contribution in [2.24, 2.45) is 5.92 Å². The van der Waals surface area contributed by atoms with Gasteiger partial charge in [0.2, 0.25) is 0 Å². The van der Waals surface area contributed by atoms with Crippen LogP contribution in [0.25, 0.3) is 0 Å². The molecule has 88 valence electrons. The average molecular weight is 258 g/mol. The molecule has 1 saturated carbocycles. The van der Waals surface area contributed by atoms with Gasteiger partial charge in [0, 0.05) is 6.54 Å². The molecule has 1 aromatic carbocycles. The van der Waals surface area contributed by atoms with Crippen LogP contribution >= 0.6 is 23.2 Å². The number of rotatable bonds is 6. The monoisotopic (exact) mass is 257 g/mol. The van der Waals surface area contributed by atoms with Crippen molar-refractivity contribution in [3.8, 4) is 0 Å². The van der Waals surface area contributed by atoms with Gasteiger partial charge in [-0.1, -0.05) is 48.2 Å². The SMILES string of the molecule is Clc1cccc(CNCCCC2CC2)c1Cl. The minimum Gasteiger partial charge on any atom is -0.313 e. The lowest BCUT2D eigenvalue weighted by Gasteiger charge is -2.07. The first kappa shape index (κ1) is 12.2. The Kier molecular flexibility index (Phi) is 4.51. The van der Waals surface area contributed by atoms with Crippen molar-refractivity contribution in [3.05, 3.63) is 33.8 Å². The minimum atomic E-state index is 0.638. The van der Waals surface area contributed by atoms with Crippen LogP contribution in [-0.2, 0) is 6.54 Å². The Balaban J connectivity index is 1.69. The molecular formula is C13H17Cl2N. The molecule has 1 aromatic rings. The molecular weight excluding hydrogens is 241 g/mol. The first-order chi connectivity index (χ1) is 7.77. The van der Waals surface area contributed by atoms with E-state index < -0.39 is 0 Å². The summed E-state index contributed by atoms with van der Waals surface area (Å²) < 4.78 is 0. The molecule has 0 aliphatic heterocycles. The Morgan fingerprint density at radius 2 is 2.06 bits per heavy atom. The molecule has 0 unspecified atom stereocenters. The molecule has 0 radical (unpaired) electrons. The zero-order valence-electron chi connectivity index (χ0n) is 9.31. The summed E-state index contributed by atoms with van der Waals surface area (Å²) in [5, 5.41) is 4.73. The fraction of sp³-hybridized carbons (Fsp3) is 0.538. The van der Waals surface area contributed by atoms with E-state index in [-0.39, 0.29) is 0 Å². The Morgan fingerprint density at radius 3 is 2.81 bits per heavy atom. The molecule has 0 aromatic heterocycles. The van der Waals surface area contributed by atoms with Gasteiger partial charge in [0.25, 0.3) is 0 Å². The molecule has 0 heterocycles. The normalized spacial score (nSPS) is 15.4. The summed E-state index contributed by atoms with van der Waals surface area (Å²) in [6.45, 7) is 1.88. The third kappa shape index (κ3) is 3.65. The predicted octanol–water partition coefficient (Wildman–Crippen LogP) is 4.27. The lowest BCUT2D eigenvalue weighted by Crippen LogP contribution is -2.15. The Hall–Kier alpha value is -0.240. The van der Waals surface area contributed by atoms with Crippen molar-refractivity contribution in [2.75, 3.05) is 6.54 Å². The Bertz CT molecular complexity index is 348. The highest BCUT2D eigenvalue weighted by Crippen LogP contribution is 2.33. The third-order valence-corrected chi connectivity index (χ3v) is 3.87. The summed E-state index contributed by atoms with van der Waals surface area (Å²) in [6.07, 6.45) is 5.53. The van der Waals surface area contributed by atoms with Crippen LogP contribution in [0, 0.1) is 5.92 Å². The number of nitrogens with one attached hydrogen (secondary N) is 1. The van der Waals surface area contributed by atoms with Gasteiger partial charge in [-0.15, -0.1) is 0 Å². The maximum Gasteiger partial charge on any atom is 0.0637 e. The summed E-state index contributed by atoms with van der Waals surface area (Å²) in [5.74, 6) is 1.02. The van der Waals surface area contributed by atoms with Crippen LogP contribution in [0.2, 0.25) is 10.0 Å². The van der Waals surface area contributed by atoms with E-state index >= 15 is 0 Å². The first-order valence-corrected chi connectivity index (χ1v) is 6.66. The van der Waals surface area contributed by atoms with Crippen molar-refractivity contribution in [2.45, 2.75) is 32.2 Å². The lowest BCUT2D eigenvalue weighted by atomic mass is 10.2. The van der Waals surface area contributed by atoms with E-state index in [4.69, 9.17) is 23.2 Å². The topological polar surface area (TPSA) is 12.0 Å². The summed E-state index contributed by atoms with van der Waals surface area (Å²) in [5.41, 5.74) is 1.08. The van der Waals surface area contributed by atoms with Gasteiger partial charge in [-0.05, 0) is 36.9 Å². The molecule has 3 heteroatoms. The second kappa shape index (κ2) is 5.90. The maximum absolute atomic E-state index is 6.09. The van der Waals surface area contributed by atoms with E-state index in [1.807, 2.05) is 18.2 Å². The van der Waals surface area contributed by atoms with Crippen molar-refractivity contribution in [1.82, 2.24) is 5.32 Å². The molecule has 0 bridgehead atoms. The lowest BCUT2D eigenvalue weighted by molar-refractivity contribution is 0.594. The van der Waals surface area contributed by atoms with Crippen LogP contribution in [0.15, 0.2) is 18.2 Å². The van der Waals surface area contributed by atoms with Crippen LogP contribution in [0.4, 0.5) is 0 Å². The molecule has 0 saturated heterocycles. The fourth-order valence-electron chi connectivity index (χ4n) is 1.83. The molecule has 2 rings (SSSR count). The zero-order chi connectivity index (χ0) is 11.4. The van der Waals surface area contributed by atoms with Gasteiger partial charge in [0.1, 0.15) is 0 Å². The van der Waals surface area contributed by atoms with Crippen molar-refractivity contribution in [1.29, 1.82) is 0 Å². The molecule has 1 N–H and O–H groups in total. The van der Waals surface area contributed by atoms with E-state index in [0.29, 0.717) is 10.0 Å². The van der Waals surface area contributed by atoms with Crippen molar-refractivity contribution in [3.63, 3.8) is 0 Å². The van der Waals surface area contributed by atoms with Gasteiger partial charge in [-0.25, -0.2) is 0 Å². The summed E-state index contributed by atoms with van der Waals surface area (Å²) in [6, 6.07) is 5.78. The third-order valence-electron chi connectivity index (χ3n) is 3.01. The predicted molar refractivity (Wildman–Crippen MR) is 70.1 cm³/mol. The molecule has 0 atom stereocenters. The van der Waals surface area contributed by atoms with Crippen LogP contribution in [0.3, 0.4) is 0 Å². The van der Waals surface area contributed by atoms with Crippen molar-refractivity contribution < 1.29 is 0 Å². The molecule has 0 amide bonds. The molecule has 1 fully saturated rings. The van der Waals surface area contributed by atoms with Gasteiger partial charge < -0.3 is 5.32 Å². The molecule has 1 nitrogen and oxygen atoms in total. The van der Waals surface area contributed by atoms with Crippen LogP contribution < -0.4 is 5.32 Å². The molecule has 16 heavy (non-hydrogen) atoms. The minimum absolute atomic E-state index is 0.638. The number of hydrogen-bond donors (Lipinski definition) is 1. The van der Waals surface area contributed by atoms with E-state index in [9.17, 15) is 0 Å². The van der Waals surface area contributed by atoms with Crippen molar-refractivity contribution >= 4 is 23.2 Å². The van der Waals surface area contributed by atoms with Crippen LogP contribution in [0.5, 0.6) is 0 Å². The second-order valence-corrected chi connectivity index (χ2v) is 5.26. The summed E-state index contributed by atoms with van der Waals surface area (Å²) in [7, 11) is 0. The largest absolute Gasteiger partial charge is 0.313 e. The quantitative estimate of drug-likeness (QED) is 0.751. The average Bonchev–Trinajstić information content (AvgIpc) is 3.07. The fourth-order valence-corrected chi connectivity index (χ4v) is 2.22. The number of hydrogen-bond acceptors (Lipinski definition) is 1. The Morgan fingerprint density at radius 1 is 1.25 bits per heavy atom. The highest BCUT2D eigenvalue weighted by atomic mass is 35.5. The second-order valence-electron chi connectivity index (χ2n) is 4.48. The number of halogens is 2. The number of benzene rings is 1. The van der Waals surface area contributed by atoms with E-state index in [1.165, 1.54) is 25.7 Å². The summed E-state index contributed by atoms with van der Waals surface area (Å²) >= 11 is 12.0. The van der Waals surface area contributed by atoms with Gasteiger partial charge in [-0.3, -0.25) is 0 Å². The smallest absolute Gasteiger partial charge is 0.0637 e. The first-order valence-electron chi connectivity index (χ1n) is 5.91. The molecule has 1 aliphatic carbocycles. The van der Waals surface area contributed by atoms with E-state index in [0.717, 1.165) is 24.6 Å². The molecule has 0 spiro atoms. The van der Waals surface area contributed by atoms with Crippen LogP contribution in [-0.4, -0.2) is 6.54 Å². The molecule has 1 aliphatic rings. The van der Waals surface area contributed by atoms with Gasteiger partial charge in [0.15, 0.2) is 0 Å². The van der Waals surface area contributed by atoms with Gasteiger partial charge in [-0.2, -0.15) is 0 Å². The van der Waals surface area contributed by atoms with Gasteiger partial charge >= 0.3 is 0 Å². The Labute approximate surface area is 107 Å². The highest BCUT2D eigenvalue weighted by Gasteiger charge is 2.19. The highest BCUT2D eigenvalue weighted by molar-refractivity contribution is 6.42. The zero-order valence-corrected chi connectivity index (χ0v) is 10.8. The summed E-state index contributed by atoms with van der Waals surface area (Å²) in [4.78, 5) is 0. The standard InChI is InChI=1S/C13H17Cl2N/c14-12-5-1-4-11(13(12)15)9-16-8-2-3-10-6-7-10/h1,4-5,10,16H,2-3,6-9H2. The van der Waals surface area contributed by atoms with E-state index in [1.54, 1.807) is 0 Å².